The number of methoxy groups -OCH3 is 1. The monoisotopic (exact) mass is 334 g/mol. The van der Waals surface area contributed by atoms with Crippen LogP contribution in [0.5, 0.6) is 0 Å². The summed E-state index contributed by atoms with van der Waals surface area (Å²) in [4.78, 5) is 23.3. The fourth-order valence-electron chi connectivity index (χ4n) is 2.45. The van der Waals surface area contributed by atoms with Gasteiger partial charge in [-0.25, -0.2) is 15.0 Å². The van der Waals surface area contributed by atoms with Crippen molar-refractivity contribution in [2.24, 2.45) is 10.8 Å². The number of nitrogens with one attached hydrogen (secondary N) is 1. The van der Waals surface area contributed by atoms with E-state index < -0.39 is 19.3 Å². The van der Waals surface area contributed by atoms with Crippen molar-refractivity contribution < 1.29 is 14.3 Å². The van der Waals surface area contributed by atoms with Crippen LogP contribution in [0.3, 0.4) is 0 Å². The first-order chi connectivity index (χ1) is 10.0. The molecule has 0 aromatic carbocycles. The van der Waals surface area contributed by atoms with Crippen LogP contribution in [0.25, 0.3) is 0 Å². The lowest BCUT2D eigenvalue weighted by atomic mass is 10.3. The Morgan fingerprint density at radius 2 is 1.45 bits per heavy atom. The minimum absolute atomic E-state index is 0.343. The summed E-state index contributed by atoms with van der Waals surface area (Å²) in [6, 6.07) is -0.799. The lowest BCUT2D eigenvalue weighted by Crippen LogP contribution is -2.41. The molecule has 128 valence electrons. The van der Waals surface area contributed by atoms with E-state index >= 15 is 0 Å². The quantitative estimate of drug-likeness (QED) is 0.302. The third-order valence-electron chi connectivity index (χ3n) is 3.03. The van der Waals surface area contributed by atoms with Crippen LogP contribution in [0.1, 0.15) is 6.92 Å². The first-order valence-corrected chi connectivity index (χ1v) is 8.16. The standard InChI is InChI=1S/C12H27N6O3P/c1-9(14-15-12(13)20)10(11(19)21-8)22(16(2)3,17(4)5)18(6)7/h1-8H3,(H3,13,15,20)/b14-9+. The van der Waals surface area contributed by atoms with E-state index in [4.69, 9.17) is 10.5 Å². The lowest BCUT2D eigenvalue weighted by molar-refractivity contribution is -0.132. The number of hydrazone groups is 1. The van der Waals surface area contributed by atoms with E-state index in [9.17, 15) is 9.59 Å². The van der Waals surface area contributed by atoms with E-state index in [0.717, 1.165) is 0 Å². The third-order valence-corrected chi connectivity index (χ3v) is 7.48. The summed E-state index contributed by atoms with van der Waals surface area (Å²) in [7, 11) is 10.2. The number of ether oxygens (including phenoxy) is 1. The van der Waals surface area contributed by atoms with E-state index in [1.165, 1.54) is 7.11 Å². The maximum atomic E-state index is 12.4. The van der Waals surface area contributed by atoms with Crippen molar-refractivity contribution in [3.05, 3.63) is 0 Å². The number of primary amides is 1. The molecular formula is C12H27N6O3P. The molecule has 0 aliphatic rings. The van der Waals surface area contributed by atoms with Crippen molar-refractivity contribution in [1.29, 1.82) is 0 Å². The average molecular weight is 334 g/mol. The number of esters is 1. The molecule has 0 radical (unpaired) electrons. The lowest BCUT2D eigenvalue weighted by Gasteiger charge is -2.44. The third kappa shape index (κ3) is 4.07. The maximum absolute atomic E-state index is 12.4. The molecule has 0 aliphatic carbocycles. The van der Waals surface area contributed by atoms with Crippen LogP contribution in [-0.2, 0) is 9.53 Å². The predicted octanol–water partition coefficient (Wildman–Crippen LogP) is -0.177. The summed E-state index contributed by atoms with van der Waals surface area (Å²) in [5, 5.41) is 4.29. The number of carbonyl (C=O) groups excluding carboxylic acids is 2. The summed E-state index contributed by atoms with van der Waals surface area (Å²) in [6.45, 7) is 1.63. The van der Waals surface area contributed by atoms with E-state index in [1.54, 1.807) is 6.92 Å². The van der Waals surface area contributed by atoms with Gasteiger partial charge in [0.15, 0.2) is 0 Å². The summed E-state index contributed by atoms with van der Waals surface area (Å²) in [6.07, 6.45) is 0. The van der Waals surface area contributed by atoms with Gasteiger partial charge in [0.2, 0.25) is 0 Å². The molecule has 0 bridgehead atoms. The first kappa shape index (κ1) is 20.6. The van der Waals surface area contributed by atoms with Crippen molar-refractivity contribution in [2.45, 2.75) is 6.92 Å². The zero-order chi connectivity index (χ0) is 17.7. The van der Waals surface area contributed by atoms with E-state index in [0.29, 0.717) is 11.0 Å². The molecule has 0 fully saturated rings. The highest BCUT2D eigenvalue weighted by molar-refractivity contribution is 7.73. The Balaban J connectivity index is 6.70. The average Bonchev–Trinajstić information content (AvgIpc) is 2.39. The second kappa shape index (κ2) is 8.28. The molecule has 3 N–H and O–H groups in total. The fourth-order valence-corrected chi connectivity index (χ4v) is 6.62. The molecule has 0 aromatic rings. The number of amides is 2. The van der Waals surface area contributed by atoms with Crippen LogP contribution >= 0.6 is 7.34 Å². The number of hydrogen-bond donors (Lipinski definition) is 2. The van der Waals surface area contributed by atoms with Gasteiger partial charge >= 0.3 is 12.0 Å². The fraction of sp³-hybridized carbons (Fsp3) is 0.667. The highest BCUT2D eigenvalue weighted by Gasteiger charge is 2.36. The summed E-state index contributed by atoms with van der Waals surface area (Å²) >= 11 is 0. The number of carbonyl (C=O) groups is 2. The van der Waals surface area contributed by atoms with Gasteiger partial charge in [0.25, 0.3) is 0 Å². The van der Waals surface area contributed by atoms with Gasteiger partial charge in [0.1, 0.15) is 5.29 Å². The second-order valence-corrected chi connectivity index (χ2v) is 9.11. The summed E-state index contributed by atoms with van der Waals surface area (Å²) in [5.74, 6) is -0.503. The van der Waals surface area contributed by atoms with Gasteiger partial charge in [-0.05, 0) is 49.2 Å². The molecule has 0 unspecified atom stereocenters. The van der Waals surface area contributed by atoms with Crippen LogP contribution in [0.2, 0.25) is 0 Å². The normalized spacial score (nSPS) is 12.8. The zero-order valence-electron chi connectivity index (χ0n) is 14.5. The van der Waals surface area contributed by atoms with Gasteiger partial charge in [0, 0.05) is 0 Å². The Morgan fingerprint density at radius 1 is 1.05 bits per heavy atom. The molecule has 0 aromatic heterocycles. The highest BCUT2D eigenvalue weighted by Crippen LogP contribution is 2.54. The van der Waals surface area contributed by atoms with Crippen LogP contribution in [0.4, 0.5) is 4.79 Å². The van der Waals surface area contributed by atoms with E-state index in [2.05, 4.69) is 10.5 Å². The Bertz CT molecular complexity index is 484. The SMILES string of the molecule is COC(=O)C(/C(C)=N/NC(N)=O)=P(N(C)C)(N(C)C)N(C)C. The largest absolute Gasteiger partial charge is 0.465 e. The van der Waals surface area contributed by atoms with Crippen molar-refractivity contribution >= 4 is 30.3 Å². The Hall–Kier alpha value is -1.41. The topological polar surface area (TPSA) is 103 Å². The van der Waals surface area contributed by atoms with Gasteiger partial charge < -0.3 is 10.5 Å². The Morgan fingerprint density at radius 3 is 1.73 bits per heavy atom. The van der Waals surface area contributed by atoms with Crippen LogP contribution in [0, 0.1) is 0 Å². The van der Waals surface area contributed by atoms with Gasteiger partial charge in [-0.15, -0.1) is 0 Å². The van der Waals surface area contributed by atoms with Crippen LogP contribution in [0.15, 0.2) is 5.10 Å². The van der Waals surface area contributed by atoms with Crippen molar-refractivity contribution in [1.82, 2.24) is 19.4 Å². The van der Waals surface area contributed by atoms with Crippen LogP contribution < -0.4 is 11.2 Å². The molecule has 0 rings (SSSR count). The number of rotatable bonds is 6. The van der Waals surface area contributed by atoms with Crippen molar-refractivity contribution in [3.8, 4) is 0 Å². The summed E-state index contributed by atoms with van der Waals surface area (Å²) in [5.41, 5.74) is 7.53. The Labute approximate surface area is 132 Å². The molecule has 0 heterocycles. The predicted molar refractivity (Wildman–Crippen MR) is 90.8 cm³/mol. The van der Waals surface area contributed by atoms with Gasteiger partial charge in [-0.3, -0.25) is 14.0 Å². The molecule has 2 amide bonds. The molecule has 22 heavy (non-hydrogen) atoms. The number of nitrogens with zero attached hydrogens (tertiary/aromatic N) is 4. The first-order valence-electron chi connectivity index (χ1n) is 6.51. The molecule has 0 spiro atoms. The van der Waals surface area contributed by atoms with Crippen molar-refractivity contribution in [2.75, 3.05) is 49.4 Å². The van der Waals surface area contributed by atoms with Gasteiger partial charge in [-0.1, -0.05) is 0 Å². The molecule has 10 heteroatoms. The Kier molecular flexibility index (Phi) is 7.75. The van der Waals surface area contributed by atoms with Crippen molar-refractivity contribution in [3.63, 3.8) is 0 Å². The van der Waals surface area contributed by atoms with Gasteiger partial charge in [-0.2, -0.15) is 5.10 Å². The van der Waals surface area contributed by atoms with Gasteiger partial charge in [0.05, 0.1) is 20.2 Å². The molecule has 0 atom stereocenters. The molecule has 0 aliphatic heterocycles. The zero-order valence-corrected chi connectivity index (χ0v) is 15.4. The molecular weight excluding hydrogens is 307 g/mol. The molecule has 0 saturated carbocycles. The minimum atomic E-state index is -2.39. The number of urea groups is 1. The smallest absolute Gasteiger partial charge is 0.343 e. The van der Waals surface area contributed by atoms with Crippen LogP contribution in [-0.4, -0.2) is 86.4 Å². The highest BCUT2D eigenvalue weighted by atomic mass is 31.2. The van der Waals surface area contributed by atoms with E-state index in [-0.39, 0.29) is 0 Å². The molecule has 9 nitrogen and oxygen atoms in total. The second-order valence-electron chi connectivity index (χ2n) is 5.12. The number of hydrogen-bond acceptors (Lipinski definition) is 7. The molecule has 0 saturated heterocycles. The number of nitrogens with two attached hydrogens (primary N) is 1. The van der Waals surface area contributed by atoms with E-state index in [1.807, 2.05) is 56.3 Å². The summed E-state index contributed by atoms with van der Waals surface area (Å²) < 4.78 is 10.8. The minimum Gasteiger partial charge on any atom is -0.465 e. The maximum Gasteiger partial charge on any atom is 0.343 e.